The number of anilines is 2. The highest BCUT2D eigenvalue weighted by molar-refractivity contribution is 7.66. The van der Waals surface area contributed by atoms with Gasteiger partial charge in [0.05, 0.1) is 35.8 Å². The van der Waals surface area contributed by atoms with Gasteiger partial charge >= 0.3 is 7.52 Å². The first-order valence-electron chi connectivity index (χ1n) is 8.45. The lowest BCUT2D eigenvalue weighted by Crippen LogP contribution is -2.46. The fraction of sp³-hybridized carbons (Fsp3) is 0.222. The Hall–Kier alpha value is -2.54. The second kappa shape index (κ2) is 6.56. The Morgan fingerprint density at radius 3 is 2.93 bits per heavy atom. The van der Waals surface area contributed by atoms with E-state index >= 15 is 0 Å². The topological polar surface area (TPSA) is 91.2 Å². The molecule has 2 aromatic carbocycles. The summed E-state index contributed by atoms with van der Waals surface area (Å²) < 4.78 is 36.7. The van der Waals surface area contributed by atoms with Crippen LogP contribution in [0.4, 0.5) is 15.8 Å². The van der Waals surface area contributed by atoms with Crippen molar-refractivity contribution in [3.05, 3.63) is 53.8 Å². The first kappa shape index (κ1) is 17.9. The molecule has 9 heteroatoms. The maximum absolute atomic E-state index is 13.6. The van der Waals surface area contributed by atoms with E-state index in [-0.39, 0.29) is 30.2 Å². The number of nitrogens with one attached hydrogen (secondary N) is 1. The van der Waals surface area contributed by atoms with Crippen molar-refractivity contribution in [1.82, 2.24) is 0 Å². The fourth-order valence-electron chi connectivity index (χ4n) is 3.25. The largest absolute Gasteiger partial charge is 0.388 e. The van der Waals surface area contributed by atoms with E-state index in [1.807, 2.05) is 0 Å². The first-order valence-corrected chi connectivity index (χ1v) is 10.0. The van der Waals surface area contributed by atoms with Crippen LogP contribution in [0, 0.1) is 5.82 Å². The molecule has 2 aromatic rings. The Morgan fingerprint density at radius 2 is 2.15 bits per heavy atom. The molecule has 2 atom stereocenters. The van der Waals surface area contributed by atoms with Crippen LogP contribution in [0.1, 0.15) is 25.0 Å². The predicted molar refractivity (Wildman–Crippen MR) is 99.8 cm³/mol. The Bertz CT molecular complexity index is 1010. The fourth-order valence-corrected chi connectivity index (χ4v) is 5.01. The van der Waals surface area contributed by atoms with Crippen LogP contribution in [0.5, 0.6) is 0 Å². The third-order valence-corrected chi connectivity index (χ3v) is 6.46. The third kappa shape index (κ3) is 2.96. The van der Waals surface area contributed by atoms with Crippen LogP contribution < -0.4 is 15.5 Å². The highest BCUT2D eigenvalue weighted by atomic mass is 31.2. The summed E-state index contributed by atoms with van der Waals surface area (Å²) in [6, 6.07) is 10.6. The Kier molecular flexibility index (Phi) is 4.34. The van der Waals surface area contributed by atoms with Gasteiger partial charge in [-0.25, -0.2) is 9.29 Å². The molecule has 0 spiro atoms. The number of hydrogen-bond acceptors (Lipinski definition) is 5. The van der Waals surface area contributed by atoms with Gasteiger partial charge in [0.1, 0.15) is 5.82 Å². The van der Waals surface area contributed by atoms with E-state index in [9.17, 15) is 18.9 Å². The van der Waals surface area contributed by atoms with E-state index in [1.165, 1.54) is 23.1 Å². The van der Waals surface area contributed by atoms with Crippen LogP contribution in [-0.2, 0) is 13.9 Å². The molecule has 2 heterocycles. The minimum Gasteiger partial charge on any atom is -0.388 e. The molecule has 0 saturated carbocycles. The van der Waals surface area contributed by atoms with Crippen LogP contribution in [0.15, 0.2) is 47.2 Å². The molecule has 7 nitrogen and oxygen atoms in total. The highest BCUT2D eigenvalue weighted by Crippen LogP contribution is 2.52. The van der Waals surface area contributed by atoms with Gasteiger partial charge in [-0.2, -0.15) is 4.76 Å². The zero-order valence-electron chi connectivity index (χ0n) is 14.4. The van der Waals surface area contributed by atoms with Gasteiger partial charge in [-0.3, -0.25) is 9.36 Å². The molecule has 0 aliphatic carbocycles. The van der Waals surface area contributed by atoms with Crippen molar-refractivity contribution < 1.29 is 23.4 Å². The molecule has 2 N–H and O–H groups in total. The van der Waals surface area contributed by atoms with Crippen molar-refractivity contribution in [2.24, 2.45) is 4.76 Å². The molecular formula is C18H17FN3O4P. The molecule has 0 saturated heterocycles. The highest BCUT2D eigenvalue weighted by Gasteiger charge is 2.39. The van der Waals surface area contributed by atoms with Gasteiger partial charge in [-0.15, -0.1) is 0 Å². The van der Waals surface area contributed by atoms with E-state index in [0.717, 1.165) is 0 Å². The number of rotatable bonds is 2. The van der Waals surface area contributed by atoms with E-state index < -0.39 is 25.3 Å². The van der Waals surface area contributed by atoms with Crippen LogP contribution in [-0.4, -0.2) is 23.6 Å². The first-order chi connectivity index (χ1) is 12.9. The zero-order chi connectivity index (χ0) is 19.2. The van der Waals surface area contributed by atoms with Crippen molar-refractivity contribution in [3.8, 4) is 0 Å². The molecule has 2 aliphatic heterocycles. The molecule has 140 valence electrons. The summed E-state index contributed by atoms with van der Waals surface area (Å²) in [6.07, 6.45) is -1.35. The molecule has 27 heavy (non-hydrogen) atoms. The Labute approximate surface area is 155 Å². The van der Waals surface area contributed by atoms with Gasteiger partial charge in [0.2, 0.25) is 11.9 Å². The van der Waals surface area contributed by atoms with E-state index in [0.29, 0.717) is 11.0 Å². The van der Waals surface area contributed by atoms with Gasteiger partial charge in [-0.1, -0.05) is 12.1 Å². The van der Waals surface area contributed by atoms with Gasteiger partial charge in [0.15, 0.2) is 0 Å². The number of fused-ring (bicyclic) bond motifs is 2. The van der Waals surface area contributed by atoms with E-state index in [2.05, 4.69) is 10.1 Å². The second-order valence-electron chi connectivity index (χ2n) is 6.16. The number of carbonyl (C=O) groups excluding carboxylic acids is 1. The van der Waals surface area contributed by atoms with Crippen molar-refractivity contribution in [3.63, 3.8) is 0 Å². The minimum atomic E-state index is -3.59. The number of amides is 1. The number of aliphatic hydroxyl groups is 1. The lowest BCUT2D eigenvalue weighted by atomic mass is 9.98. The maximum Gasteiger partial charge on any atom is 0.349 e. The van der Waals surface area contributed by atoms with Gasteiger partial charge in [0, 0.05) is 5.56 Å². The van der Waals surface area contributed by atoms with E-state index in [4.69, 9.17) is 4.52 Å². The van der Waals surface area contributed by atoms with Crippen LogP contribution in [0.2, 0.25) is 0 Å². The lowest BCUT2D eigenvalue weighted by Gasteiger charge is -2.35. The van der Waals surface area contributed by atoms with Crippen molar-refractivity contribution in [2.75, 3.05) is 16.8 Å². The van der Waals surface area contributed by atoms with Crippen molar-refractivity contribution >= 4 is 36.1 Å². The van der Waals surface area contributed by atoms with Crippen molar-refractivity contribution in [1.29, 1.82) is 0 Å². The Balaban J connectivity index is 1.86. The van der Waals surface area contributed by atoms with Crippen LogP contribution >= 0.6 is 7.52 Å². The van der Waals surface area contributed by atoms with Gasteiger partial charge < -0.3 is 14.9 Å². The summed E-state index contributed by atoms with van der Waals surface area (Å²) in [6.45, 7) is 1.89. The Morgan fingerprint density at radius 1 is 1.37 bits per heavy atom. The van der Waals surface area contributed by atoms with Crippen molar-refractivity contribution in [2.45, 2.75) is 19.4 Å². The number of aliphatic hydroxyl groups excluding tert-OH is 1. The van der Waals surface area contributed by atoms with Gasteiger partial charge in [0.25, 0.3) is 0 Å². The average molecular weight is 389 g/mol. The summed E-state index contributed by atoms with van der Waals surface area (Å²) in [5.41, 5.74) is 1.07. The number of halogens is 1. The average Bonchev–Trinajstić information content (AvgIpc) is 2.62. The van der Waals surface area contributed by atoms with Crippen LogP contribution in [0.25, 0.3) is 0 Å². The molecule has 0 fully saturated rings. The number of guanidine groups is 1. The molecule has 2 unspecified atom stereocenters. The minimum absolute atomic E-state index is 0.0234. The molecule has 1 amide bonds. The summed E-state index contributed by atoms with van der Waals surface area (Å²) in [5, 5.41) is 13.6. The van der Waals surface area contributed by atoms with Gasteiger partial charge in [-0.05, 0) is 37.3 Å². The van der Waals surface area contributed by atoms with E-state index in [1.54, 1.807) is 31.2 Å². The maximum atomic E-state index is 13.6. The number of carbonyl (C=O) groups is 1. The number of para-hydroxylation sites is 1. The quantitative estimate of drug-likeness (QED) is 0.771. The summed E-state index contributed by atoms with van der Waals surface area (Å²) in [5.74, 6) is -0.948. The zero-order valence-corrected chi connectivity index (χ0v) is 15.3. The molecule has 0 aromatic heterocycles. The summed E-state index contributed by atoms with van der Waals surface area (Å²) in [4.78, 5) is 13.9. The monoisotopic (exact) mass is 389 g/mol. The lowest BCUT2D eigenvalue weighted by molar-refractivity contribution is -0.120. The molecule has 2 aliphatic rings. The molecule has 0 radical (unpaired) electrons. The predicted octanol–water partition coefficient (Wildman–Crippen LogP) is 2.93. The molecule has 4 rings (SSSR count). The summed E-state index contributed by atoms with van der Waals surface area (Å²) in [7, 11) is -3.59. The normalized spacial score (nSPS) is 24.0. The molecule has 0 bridgehead atoms. The third-order valence-electron chi connectivity index (χ3n) is 4.40. The molecular weight excluding hydrogens is 372 g/mol. The SMILES string of the molecule is CCOP1(=O)N=C(N2C(=O)CC(O)c3cc(F)ccc32)Nc2ccccc21. The number of hydrogen-bond donors (Lipinski definition) is 2. The summed E-state index contributed by atoms with van der Waals surface area (Å²) >= 11 is 0. The second-order valence-corrected chi connectivity index (χ2v) is 8.14. The standard InChI is InChI=1S/C18H17FN3O4P/c1-2-26-27(25)16-6-4-3-5-13(16)20-18(21-27)22-14-8-7-11(19)9-12(14)15(23)10-17(22)24/h3-9,15,23H,2,10H2,1H3,(H,20,21,25). The smallest absolute Gasteiger partial charge is 0.349 e. The number of nitrogens with zero attached hydrogens (tertiary/aromatic N) is 2. The van der Waals surface area contributed by atoms with Crippen LogP contribution in [0.3, 0.4) is 0 Å². The number of benzene rings is 2.